The fourth-order valence-electron chi connectivity index (χ4n) is 1.99. The van der Waals surface area contributed by atoms with Crippen molar-refractivity contribution < 1.29 is 0 Å². The predicted molar refractivity (Wildman–Crippen MR) is 81.0 cm³/mol. The molecule has 2 aromatic rings. The minimum atomic E-state index is 0.552. The summed E-state index contributed by atoms with van der Waals surface area (Å²) < 4.78 is 0. The maximum absolute atomic E-state index is 4.48. The summed E-state index contributed by atoms with van der Waals surface area (Å²) >= 11 is 1.90. The number of nitrogens with one attached hydrogen (secondary N) is 1. The molecule has 1 aromatic heterocycles. The minimum absolute atomic E-state index is 0.552. The first-order valence-electron chi connectivity index (χ1n) is 6.36. The zero-order valence-corrected chi connectivity index (χ0v) is 11.8. The van der Waals surface area contributed by atoms with Crippen LogP contribution in [0.4, 0.5) is 0 Å². The smallest absolute Gasteiger partial charge is 0.0746 e. The molecule has 1 atom stereocenters. The van der Waals surface area contributed by atoms with Gasteiger partial charge in [0.15, 0.2) is 0 Å². The van der Waals surface area contributed by atoms with Crippen molar-refractivity contribution in [3.8, 4) is 0 Å². The van der Waals surface area contributed by atoms with Crippen molar-refractivity contribution in [2.24, 2.45) is 0 Å². The van der Waals surface area contributed by atoms with Gasteiger partial charge in [-0.15, -0.1) is 0 Å². The Labute approximate surface area is 113 Å². The molecule has 2 rings (SSSR count). The Kier molecular flexibility index (Phi) is 5.02. The zero-order chi connectivity index (χ0) is 12.8. The van der Waals surface area contributed by atoms with E-state index < -0.39 is 0 Å². The summed E-state index contributed by atoms with van der Waals surface area (Å²) in [7, 11) is 0. The van der Waals surface area contributed by atoms with Gasteiger partial charge in [-0.1, -0.05) is 24.3 Å². The number of nitrogens with zero attached hydrogens (tertiary/aromatic N) is 1. The van der Waals surface area contributed by atoms with Gasteiger partial charge < -0.3 is 5.32 Å². The topological polar surface area (TPSA) is 24.9 Å². The van der Waals surface area contributed by atoms with Crippen LogP contribution in [0, 0.1) is 0 Å². The van der Waals surface area contributed by atoms with E-state index in [2.05, 4.69) is 47.7 Å². The summed E-state index contributed by atoms with van der Waals surface area (Å²) in [6, 6.07) is 11.0. The Balaban J connectivity index is 2.03. The molecular weight excluding hydrogens is 240 g/mol. The summed E-state index contributed by atoms with van der Waals surface area (Å²) in [4.78, 5) is 4.48. The number of para-hydroxylation sites is 1. The summed E-state index contributed by atoms with van der Waals surface area (Å²) in [6.07, 6.45) is 5.23. The maximum atomic E-state index is 4.48. The minimum Gasteiger partial charge on any atom is -0.310 e. The molecule has 0 fully saturated rings. The first kappa shape index (κ1) is 13.4. The van der Waals surface area contributed by atoms with Gasteiger partial charge in [-0.05, 0) is 37.0 Å². The molecule has 0 saturated heterocycles. The number of pyridine rings is 1. The van der Waals surface area contributed by atoms with Crippen LogP contribution in [0.25, 0.3) is 10.9 Å². The lowest BCUT2D eigenvalue weighted by Gasteiger charge is -2.14. The van der Waals surface area contributed by atoms with Crippen LogP contribution < -0.4 is 5.32 Å². The molecule has 0 radical (unpaired) electrons. The Morgan fingerprint density at radius 1 is 1.28 bits per heavy atom. The lowest BCUT2D eigenvalue weighted by Crippen LogP contribution is -2.26. The second-order valence-corrected chi connectivity index (χ2v) is 5.54. The van der Waals surface area contributed by atoms with Gasteiger partial charge in [-0.3, -0.25) is 4.98 Å². The molecule has 0 amide bonds. The van der Waals surface area contributed by atoms with E-state index in [4.69, 9.17) is 0 Å². The largest absolute Gasteiger partial charge is 0.310 e. The van der Waals surface area contributed by atoms with Crippen molar-refractivity contribution in [1.82, 2.24) is 10.3 Å². The average Bonchev–Trinajstić information content (AvgIpc) is 2.42. The van der Waals surface area contributed by atoms with Gasteiger partial charge in [0.2, 0.25) is 0 Å². The van der Waals surface area contributed by atoms with Gasteiger partial charge >= 0.3 is 0 Å². The molecule has 0 aliphatic rings. The predicted octanol–water partition coefficient (Wildman–Crippen LogP) is 3.47. The van der Waals surface area contributed by atoms with E-state index in [9.17, 15) is 0 Å². The zero-order valence-electron chi connectivity index (χ0n) is 11.0. The van der Waals surface area contributed by atoms with Crippen LogP contribution in [0.5, 0.6) is 0 Å². The summed E-state index contributed by atoms with van der Waals surface area (Å²) in [5.74, 6) is 1.21. The third-order valence-corrected chi connectivity index (χ3v) is 3.76. The highest BCUT2D eigenvalue weighted by Crippen LogP contribution is 2.15. The molecule has 1 unspecified atom stereocenters. The molecule has 0 bridgehead atoms. The SMILES string of the molecule is CSCCC(C)NCc1cccc2cccnc12. The third kappa shape index (κ3) is 3.47. The highest BCUT2D eigenvalue weighted by Gasteiger charge is 2.04. The van der Waals surface area contributed by atoms with E-state index in [0.717, 1.165) is 12.1 Å². The van der Waals surface area contributed by atoms with Crippen molar-refractivity contribution in [1.29, 1.82) is 0 Å². The Morgan fingerprint density at radius 3 is 2.94 bits per heavy atom. The number of benzene rings is 1. The van der Waals surface area contributed by atoms with Crippen molar-refractivity contribution >= 4 is 22.7 Å². The number of fused-ring (bicyclic) bond motifs is 1. The van der Waals surface area contributed by atoms with Gasteiger partial charge in [0.25, 0.3) is 0 Å². The van der Waals surface area contributed by atoms with Crippen LogP contribution >= 0.6 is 11.8 Å². The Bertz CT molecular complexity index is 493. The lowest BCUT2D eigenvalue weighted by molar-refractivity contribution is 0.538. The van der Waals surface area contributed by atoms with Gasteiger partial charge in [0, 0.05) is 24.2 Å². The Morgan fingerprint density at radius 2 is 2.11 bits per heavy atom. The summed E-state index contributed by atoms with van der Waals surface area (Å²) in [6.45, 7) is 3.14. The number of aromatic nitrogens is 1. The van der Waals surface area contributed by atoms with Crippen molar-refractivity contribution in [2.45, 2.75) is 25.9 Å². The third-order valence-electron chi connectivity index (χ3n) is 3.11. The van der Waals surface area contributed by atoms with E-state index in [1.807, 2.05) is 24.0 Å². The molecular formula is C15H20N2S. The van der Waals surface area contributed by atoms with E-state index >= 15 is 0 Å². The lowest BCUT2D eigenvalue weighted by atomic mass is 10.1. The molecule has 0 saturated carbocycles. The van der Waals surface area contributed by atoms with Crippen LogP contribution in [-0.4, -0.2) is 23.0 Å². The van der Waals surface area contributed by atoms with Crippen LogP contribution in [-0.2, 0) is 6.54 Å². The van der Waals surface area contributed by atoms with Crippen LogP contribution in [0.15, 0.2) is 36.5 Å². The highest BCUT2D eigenvalue weighted by molar-refractivity contribution is 7.98. The van der Waals surface area contributed by atoms with Gasteiger partial charge in [-0.25, -0.2) is 0 Å². The van der Waals surface area contributed by atoms with E-state index in [1.54, 1.807) is 0 Å². The fourth-order valence-corrected chi connectivity index (χ4v) is 2.58. The molecule has 3 heteroatoms. The van der Waals surface area contributed by atoms with E-state index in [0.29, 0.717) is 6.04 Å². The van der Waals surface area contributed by atoms with Crippen LogP contribution in [0.3, 0.4) is 0 Å². The van der Waals surface area contributed by atoms with Crippen LogP contribution in [0.1, 0.15) is 18.9 Å². The standard InChI is InChI=1S/C15H20N2S/c1-12(8-10-18-2)17-11-14-6-3-5-13-7-4-9-16-15(13)14/h3-7,9,12,17H,8,10-11H2,1-2H3. The Hall–Kier alpha value is -1.06. The van der Waals surface area contributed by atoms with Crippen molar-refractivity contribution in [3.05, 3.63) is 42.1 Å². The molecule has 96 valence electrons. The normalized spacial score (nSPS) is 12.8. The number of hydrogen-bond acceptors (Lipinski definition) is 3. The molecule has 1 N–H and O–H groups in total. The van der Waals surface area contributed by atoms with Gasteiger partial charge in [0.1, 0.15) is 0 Å². The second kappa shape index (κ2) is 6.76. The average molecular weight is 260 g/mol. The monoisotopic (exact) mass is 260 g/mol. The first-order chi connectivity index (χ1) is 8.81. The number of thioether (sulfide) groups is 1. The highest BCUT2D eigenvalue weighted by atomic mass is 32.2. The molecule has 2 nitrogen and oxygen atoms in total. The number of hydrogen-bond donors (Lipinski definition) is 1. The fraction of sp³-hybridized carbons (Fsp3) is 0.400. The van der Waals surface area contributed by atoms with Gasteiger partial charge in [0.05, 0.1) is 5.52 Å². The summed E-state index contributed by atoms with van der Waals surface area (Å²) in [5, 5.41) is 4.79. The first-order valence-corrected chi connectivity index (χ1v) is 7.75. The molecule has 18 heavy (non-hydrogen) atoms. The molecule has 0 spiro atoms. The molecule has 1 heterocycles. The van der Waals surface area contributed by atoms with Crippen LogP contribution in [0.2, 0.25) is 0 Å². The number of rotatable bonds is 6. The maximum Gasteiger partial charge on any atom is 0.0746 e. The molecule has 0 aliphatic carbocycles. The van der Waals surface area contributed by atoms with Crippen molar-refractivity contribution in [3.63, 3.8) is 0 Å². The van der Waals surface area contributed by atoms with Crippen molar-refractivity contribution in [2.75, 3.05) is 12.0 Å². The van der Waals surface area contributed by atoms with E-state index in [-0.39, 0.29) is 0 Å². The van der Waals surface area contributed by atoms with Gasteiger partial charge in [-0.2, -0.15) is 11.8 Å². The quantitative estimate of drug-likeness (QED) is 0.861. The second-order valence-electron chi connectivity index (χ2n) is 4.56. The summed E-state index contributed by atoms with van der Waals surface area (Å²) in [5.41, 5.74) is 2.40. The molecule has 1 aromatic carbocycles. The van der Waals surface area contributed by atoms with E-state index in [1.165, 1.54) is 23.1 Å². The molecule has 0 aliphatic heterocycles.